The number of nitro benzene ring substituents is 1. The maximum Gasteiger partial charge on any atom is 0.293 e. The zero-order valence-corrected chi connectivity index (χ0v) is 13.7. The molecule has 1 aromatic carbocycles. The van der Waals surface area contributed by atoms with Crippen LogP contribution in [0.5, 0.6) is 0 Å². The highest BCUT2D eigenvalue weighted by Crippen LogP contribution is 2.35. The number of nitrogens with two attached hydrogens (primary N) is 1. The topological polar surface area (TPSA) is 72.4 Å². The van der Waals surface area contributed by atoms with Gasteiger partial charge in [-0.15, -0.1) is 0 Å². The smallest absolute Gasteiger partial charge is 0.293 e. The number of benzene rings is 1. The quantitative estimate of drug-likeness (QED) is 0.488. The monoisotopic (exact) mass is 389 g/mol. The predicted molar refractivity (Wildman–Crippen MR) is 89.0 cm³/mol. The van der Waals surface area contributed by atoms with Crippen LogP contribution in [0.4, 0.5) is 11.4 Å². The summed E-state index contributed by atoms with van der Waals surface area (Å²) in [5.74, 6) is 0.424. The van der Waals surface area contributed by atoms with Gasteiger partial charge < -0.3 is 10.6 Å². The molecule has 1 aliphatic rings. The zero-order valence-electron chi connectivity index (χ0n) is 11.6. The summed E-state index contributed by atoms with van der Waals surface area (Å²) < 4.78 is 0.880. The van der Waals surface area contributed by atoms with Crippen LogP contribution in [0.2, 0.25) is 0 Å². The molecule has 0 heterocycles. The van der Waals surface area contributed by atoms with E-state index in [0.29, 0.717) is 24.2 Å². The number of hydrogen-bond donors (Lipinski definition) is 1. The van der Waals surface area contributed by atoms with Crippen molar-refractivity contribution in [3.63, 3.8) is 0 Å². The van der Waals surface area contributed by atoms with Crippen molar-refractivity contribution in [1.82, 2.24) is 0 Å². The molecule has 1 aromatic rings. The second-order valence-electron chi connectivity index (χ2n) is 5.35. The van der Waals surface area contributed by atoms with Crippen LogP contribution < -0.4 is 10.6 Å². The molecule has 2 unspecified atom stereocenters. The molecule has 2 N–H and O–H groups in total. The van der Waals surface area contributed by atoms with E-state index in [1.54, 1.807) is 6.07 Å². The van der Waals surface area contributed by atoms with E-state index >= 15 is 0 Å². The van der Waals surface area contributed by atoms with Crippen molar-refractivity contribution >= 4 is 34.0 Å². The predicted octanol–water partition coefficient (Wildman–Crippen LogP) is 3.15. The molecule has 110 valence electrons. The van der Waals surface area contributed by atoms with Crippen molar-refractivity contribution in [2.24, 2.45) is 11.7 Å². The first-order valence-corrected chi connectivity index (χ1v) is 7.99. The zero-order chi connectivity index (χ0) is 14.7. The van der Waals surface area contributed by atoms with Crippen LogP contribution >= 0.6 is 22.6 Å². The highest BCUT2D eigenvalue weighted by atomic mass is 127. The van der Waals surface area contributed by atoms with Gasteiger partial charge in [-0.1, -0.05) is 12.8 Å². The summed E-state index contributed by atoms with van der Waals surface area (Å²) in [4.78, 5) is 13.0. The van der Waals surface area contributed by atoms with Gasteiger partial charge >= 0.3 is 0 Å². The van der Waals surface area contributed by atoms with E-state index in [4.69, 9.17) is 5.73 Å². The molecule has 1 fully saturated rings. The second kappa shape index (κ2) is 6.71. The summed E-state index contributed by atoms with van der Waals surface area (Å²) in [7, 11) is 1.95. The van der Waals surface area contributed by atoms with Crippen molar-refractivity contribution in [1.29, 1.82) is 0 Å². The molecule has 0 radical (unpaired) electrons. The van der Waals surface area contributed by atoms with E-state index < -0.39 is 0 Å². The highest BCUT2D eigenvalue weighted by molar-refractivity contribution is 14.1. The number of nitro groups is 1. The van der Waals surface area contributed by atoms with Crippen molar-refractivity contribution in [2.75, 3.05) is 18.5 Å². The normalized spacial score (nSPS) is 22.6. The maximum absolute atomic E-state index is 11.3. The van der Waals surface area contributed by atoms with Crippen LogP contribution in [0.15, 0.2) is 18.2 Å². The number of hydrogen-bond acceptors (Lipinski definition) is 4. The standard InChI is InChI=1S/C14H20IN3O2/c1-17(12-5-3-2-4-10(12)9-16)13-7-6-11(15)8-14(13)18(19)20/h6-8,10,12H,2-5,9,16H2,1H3. The van der Waals surface area contributed by atoms with Crippen LogP contribution in [0.1, 0.15) is 25.7 Å². The van der Waals surface area contributed by atoms with E-state index in [0.717, 1.165) is 16.4 Å². The summed E-state index contributed by atoms with van der Waals surface area (Å²) in [6.45, 7) is 0.646. The highest BCUT2D eigenvalue weighted by Gasteiger charge is 2.30. The third kappa shape index (κ3) is 3.22. The molecule has 0 bridgehead atoms. The maximum atomic E-state index is 11.3. The molecule has 0 saturated heterocycles. The molecular weight excluding hydrogens is 369 g/mol. The van der Waals surface area contributed by atoms with Crippen LogP contribution in [-0.4, -0.2) is 24.6 Å². The van der Waals surface area contributed by atoms with Crippen LogP contribution in [0, 0.1) is 19.6 Å². The number of rotatable bonds is 4. The van der Waals surface area contributed by atoms with Gasteiger partial charge in [0.05, 0.1) is 4.92 Å². The molecule has 2 rings (SSSR count). The van der Waals surface area contributed by atoms with Crippen molar-refractivity contribution in [3.05, 3.63) is 31.9 Å². The average Bonchev–Trinajstić information content (AvgIpc) is 2.46. The van der Waals surface area contributed by atoms with Crippen molar-refractivity contribution in [3.8, 4) is 0 Å². The number of nitrogens with zero attached hydrogens (tertiary/aromatic N) is 2. The van der Waals surface area contributed by atoms with E-state index in [9.17, 15) is 10.1 Å². The van der Waals surface area contributed by atoms with E-state index in [2.05, 4.69) is 27.5 Å². The summed E-state index contributed by atoms with van der Waals surface area (Å²) in [5.41, 5.74) is 6.75. The van der Waals surface area contributed by atoms with Crippen LogP contribution in [0.3, 0.4) is 0 Å². The molecule has 1 saturated carbocycles. The van der Waals surface area contributed by atoms with Gasteiger partial charge in [0, 0.05) is 22.7 Å². The van der Waals surface area contributed by atoms with E-state index in [1.165, 1.54) is 12.8 Å². The fraction of sp³-hybridized carbons (Fsp3) is 0.571. The van der Waals surface area contributed by atoms with Crippen LogP contribution in [0.25, 0.3) is 0 Å². The Morgan fingerprint density at radius 2 is 2.15 bits per heavy atom. The molecule has 0 aromatic heterocycles. The first-order valence-electron chi connectivity index (χ1n) is 6.91. The average molecular weight is 389 g/mol. The Morgan fingerprint density at radius 1 is 1.45 bits per heavy atom. The molecule has 20 heavy (non-hydrogen) atoms. The summed E-state index contributed by atoms with van der Waals surface area (Å²) >= 11 is 2.10. The lowest BCUT2D eigenvalue weighted by Crippen LogP contribution is -2.43. The lowest BCUT2D eigenvalue weighted by molar-refractivity contribution is -0.384. The molecule has 0 spiro atoms. The Bertz CT molecular complexity index is 495. The van der Waals surface area contributed by atoms with Crippen molar-refractivity contribution < 1.29 is 4.92 Å². The lowest BCUT2D eigenvalue weighted by atomic mass is 9.83. The Labute approximate surface area is 132 Å². The molecule has 5 nitrogen and oxygen atoms in total. The second-order valence-corrected chi connectivity index (χ2v) is 6.59. The largest absolute Gasteiger partial charge is 0.366 e. The third-order valence-electron chi connectivity index (χ3n) is 4.18. The van der Waals surface area contributed by atoms with Gasteiger partial charge in [-0.05, 0) is 60.0 Å². The number of halogens is 1. The van der Waals surface area contributed by atoms with Gasteiger partial charge in [-0.2, -0.15) is 0 Å². The minimum absolute atomic E-state index is 0.181. The van der Waals surface area contributed by atoms with E-state index in [1.807, 2.05) is 19.2 Å². The summed E-state index contributed by atoms with van der Waals surface area (Å²) in [5, 5.41) is 11.3. The van der Waals surface area contributed by atoms with Gasteiger partial charge in [-0.25, -0.2) is 0 Å². The molecule has 0 aliphatic heterocycles. The molecule has 2 atom stereocenters. The van der Waals surface area contributed by atoms with Crippen LogP contribution in [-0.2, 0) is 0 Å². The molecule has 6 heteroatoms. The summed E-state index contributed by atoms with van der Waals surface area (Å²) in [6, 6.07) is 5.70. The molecular formula is C14H20IN3O2. The lowest BCUT2D eigenvalue weighted by Gasteiger charge is -2.38. The Hall–Kier alpha value is -0.890. The first kappa shape index (κ1) is 15.5. The van der Waals surface area contributed by atoms with E-state index in [-0.39, 0.29) is 10.6 Å². The van der Waals surface area contributed by atoms with Crippen molar-refractivity contribution in [2.45, 2.75) is 31.7 Å². The molecule has 0 amide bonds. The Morgan fingerprint density at radius 3 is 2.80 bits per heavy atom. The molecule has 1 aliphatic carbocycles. The SMILES string of the molecule is CN(c1ccc(I)cc1[N+](=O)[O-])C1CCCCC1CN. The fourth-order valence-electron chi connectivity index (χ4n) is 3.09. The van der Waals surface area contributed by atoms with Gasteiger partial charge in [-0.3, -0.25) is 10.1 Å². The van der Waals surface area contributed by atoms with Gasteiger partial charge in [0.2, 0.25) is 0 Å². The van der Waals surface area contributed by atoms with Gasteiger partial charge in [0.1, 0.15) is 5.69 Å². The van der Waals surface area contributed by atoms with Gasteiger partial charge in [0.15, 0.2) is 0 Å². The minimum Gasteiger partial charge on any atom is -0.366 e. The Balaban J connectivity index is 2.32. The van der Waals surface area contributed by atoms with Gasteiger partial charge in [0.25, 0.3) is 5.69 Å². The first-order chi connectivity index (χ1) is 9.54. The Kier molecular flexibility index (Phi) is 5.20. The fourth-order valence-corrected chi connectivity index (χ4v) is 3.57. The minimum atomic E-state index is -0.297. The summed E-state index contributed by atoms with van der Waals surface area (Å²) in [6.07, 6.45) is 4.55. The number of anilines is 1. The third-order valence-corrected chi connectivity index (χ3v) is 4.85.